The summed E-state index contributed by atoms with van der Waals surface area (Å²) in [7, 11) is -11.9. The van der Waals surface area contributed by atoms with E-state index in [0.29, 0.717) is 6.26 Å². The molecule has 0 aliphatic rings. The average molecular weight is 730 g/mol. The number of halogens is 17. The first-order valence-corrected chi connectivity index (χ1v) is 14.6. The molecule has 258 valence electrons. The highest BCUT2D eigenvalue weighted by Gasteiger charge is 2.96. The molecule has 1 atom stereocenters. The van der Waals surface area contributed by atoms with Crippen LogP contribution in [0, 0.1) is 0 Å². The lowest BCUT2D eigenvalue weighted by Crippen LogP contribution is -2.75. The van der Waals surface area contributed by atoms with Crippen molar-refractivity contribution in [2.45, 2.75) is 57.6 Å². The van der Waals surface area contributed by atoms with E-state index in [1.165, 1.54) is 18.2 Å². The van der Waals surface area contributed by atoms with E-state index >= 15 is 0 Å². The van der Waals surface area contributed by atoms with E-state index in [1.54, 1.807) is 0 Å². The van der Waals surface area contributed by atoms with Crippen LogP contribution in [-0.2, 0) is 19.5 Å². The first kappa shape index (κ1) is 38.5. The molecule has 1 N–H and O–H groups in total. The van der Waals surface area contributed by atoms with Crippen LogP contribution < -0.4 is 0 Å². The fourth-order valence-electron chi connectivity index (χ4n) is 3.32. The Hall–Kier alpha value is -2.69. The van der Waals surface area contributed by atoms with Gasteiger partial charge in [-0.05, 0) is 36.1 Å². The Morgan fingerprint density at radius 2 is 0.956 bits per heavy atom. The monoisotopic (exact) mass is 730 g/mol. The van der Waals surface area contributed by atoms with Crippen molar-refractivity contribution in [3.8, 4) is 5.75 Å². The number of phenols is 1. The van der Waals surface area contributed by atoms with Crippen molar-refractivity contribution in [2.75, 3.05) is 6.26 Å². The maximum Gasteiger partial charge on any atom is 0.460 e. The Kier molecular flexibility index (Phi) is 9.61. The zero-order valence-corrected chi connectivity index (χ0v) is 23.0. The van der Waals surface area contributed by atoms with Gasteiger partial charge in [-0.25, -0.2) is 3.63 Å². The molecule has 0 aliphatic carbocycles. The van der Waals surface area contributed by atoms with Crippen LogP contribution in [0.3, 0.4) is 0 Å². The number of alkyl halides is 17. The third-order valence-corrected chi connectivity index (χ3v) is 10.8. The minimum Gasteiger partial charge on any atom is -0.508 e. The number of hydrogen-bond donors (Lipinski definition) is 1. The van der Waals surface area contributed by atoms with E-state index in [0.717, 1.165) is 36.4 Å². The molecule has 45 heavy (non-hydrogen) atoms. The number of benzene rings is 2. The quantitative estimate of drug-likeness (QED) is 0.222. The topological polar surface area (TPSA) is 63.6 Å². The van der Waals surface area contributed by atoms with Gasteiger partial charge < -0.3 is 5.11 Å². The molecule has 0 bridgehead atoms. The molecule has 2 aromatic carbocycles. The van der Waals surface area contributed by atoms with Crippen molar-refractivity contribution in [2.24, 2.45) is 0 Å². The number of phenolic OH excluding ortho intramolecular Hbond substituents is 1. The molecule has 0 aliphatic heterocycles. The van der Waals surface area contributed by atoms with Gasteiger partial charge in [0.25, 0.3) is 0 Å². The van der Waals surface area contributed by atoms with Gasteiger partial charge in [0, 0.05) is 10.6 Å². The molecule has 23 heteroatoms. The number of hydrogen-bond acceptors (Lipinski definition) is 4. The second-order valence-electron chi connectivity index (χ2n) is 9.11. The summed E-state index contributed by atoms with van der Waals surface area (Å²) in [4.78, 5) is -0.551. The summed E-state index contributed by atoms with van der Waals surface area (Å²) in [5.41, 5.74) is -0.0438. The average Bonchev–Trinajstić information content (AvgIpc) is 2.87. The highest BCUT2D eigenvalue weighted by Crippen LogP contribution is 2.66. The number of aromatic hydroxyl groups is 1. The molecule has 0 radical (unpaired) electrons. The summed E-state index contributed by atoms with van der Waals surface area (Å²) in [5.74, 6) is -53.7. The first-order valence-electron chi connectivity index (χ1n) is 11.0. The largest absolute Gasteiger partial charge is 0.508 e. The Balaban J connectivity index is 2.70. The van der Waals surface area contributed by atoms with Gasteiger partial charge >= 0.3 is 57.1 Å². The van der Waals surface area contributed by atoms with Gasteiger partial charge in [-0.3, -0.25) is 0 Å². The molecule has 4 nitrogen and oxygen atoms in total. The van der Waals surface area contributed by atoms with Crippen molar-refractivity contribution < 1.29 is 91.8 Å². The molecule has 0 amide bonds. The lowest BCUT2D eigenvalue weighted by molar-refractivity contribution is -0.458. The van der Waals surface area contributed by atoms with Crippen LogP contribution in [-0.4, -0.2) is 66.7 Å². The van der Waals surface area contributed by atoms with Crippen molar-refractivity contribution in [1.82, 2.24) is 0 Å². The van der Waals surface area contributed by atoms with Crippen molar-refractivity contribution >= 4 is 20.4 Å². The van der Waals surface area contributed by atoms with E-state index in [9.17, 15) is 88.2 Å². The molecule has 2 rings (SSSR count). The van der Waals surface area contributed by atoms with Gasteiger partial charge in [0.05, 0.1) is 0 Å². The minimum atomic E-state index is -8.95. The van der Waals surface area contributed by atoms with Crippen LogP contribution in [0.25, 0.3) is 0 Å². The van der Waals surface area contributed by atoms with E-state index in [2.05, 4.69) is 3.63 Å². The van der Waals surface area contributed by atoms with E-state index in [1.807, 2.05) is 0 Å². The van der Waals surface area contributed by atoms with Gasteiger partial charge in [-0.1, -0.05) is 40.6 Å². The van der Waals surface area contributed by atoms with Crippen LogP contribution in [0.4, 0.5) is 74.6 Å². The molecule has 0 heterocycles. The predicted molar refractivity (Wildman–Crippen MR) is 121 cm³/mol. The minimum absolute atomic E-state index is 0.0438. The predicted octanol–water partition coefficient (Wildman–Crippen LogP) is 8.61. The van der Waals surface area contributed by atoms with E-state index in [-0.39, 0.29) is 5.56 Å². The summed E-state index contributed by atoms with van der Waals surface area (Å²) in [6.07, 6.45) is -7.33. The summed E-state index contributed by atoms with van der Waals surface area (Å²) < 4.78 is 261. The normalized spacial score (nSPS) is 17.1. The SMILES string of the molecule is CS(Cc1ccccc1)(OS(=O)(=O)C(F)(F)C(F)(F)C(F)(F)C(F)(F)C(F)(F)C(F)(F)C(F)(F)C(F)(F)F)c1ccc(O)cc1. The maximum absolute atomic E-state index is 14.7. The molecule has 0 saturated carbocycles. The van der Waals surface area contributed by atoms with Gasteiger partial charge in [0.2, 0.25) is 0 Å². The van der Waals surface area contributed by atoms with Crippen LogP contribution in [0.2, 0.25) is 0 Å². The van der Waals surface area contributed by atoms with E-state index < -0.39 is 83.8 Å². The Morgan fingerprint density at radius 3 is 1.36 bits per heavy atom. The Bertz CT molecular complexity index is 1460. The van der Waals surface area contributed by atoms with Crippen LogP contribution in [0.15, 0.2) is 59.5 Å². The molecule has 1 unspecified atom stereocenters. The van der Waals surface area contributed by atoms with E-state index in [4.69, 9.17) is 0 Å². The fourth-order valence-corrected chi connectivity index (χ4v) is 7.90. The molecular formula is C22H15F17O4S2. The van der Waals surface area contributed by atoms with Crippen LogP contribution in [0.5, 0.6) is 5.75 Å². The van der Waals surface area contributed by atoms with Gasteiger partial charge in [0.15, 0.2) is 0 Å². The van der Waals surface area contributed by atoms with Gasteiger partial charge in [-0.15, -0.1) is 0 Å². The zero-order valence-electron chi connectivity index (χ0n) is 21.3. The maximum atomic E-state index is 14.7. The molecule has 0 aromatic heterocycles. The smallest absolute Gasteiger partial charge is 0.460 e. The van der Waals surface area contributed by atoms with Crippen LogP contribution >= 0.6 is 10.3 Å². The van der Waals surface area contributed by atoms with Gasteiger partial charge in [0.1, 0.15) is 5.75 Å². The molecule has 0 fully saturated rings. The lowest BCUT2D eigenvalue weighted by atomic mass is 9.91. The summed E-state index contributed by atoms with van der Waals surface area (Å²) in [6, 6.07) is 9.16. The van der Waals surface area contributed by atoms with Crippen molar-refractivity contribution in [3.05, 3.63) is 60.2 Å². The fraction of sp³-hybridized carbons (Fsp3) is 0.455. The van der Waals surface area contributed by atoms with Gasteiger partial charge in [-0.2, -0.15) is 83.1 Å². The standard InChI is InChI=1S/C22H15F17O4S2/c1-44(11-12-5-3-2-4-6-12,14-9-7-13(40)8-10-14)43-45(41,42)22(38,39)20(33,34)18(29,30)16(25,26)15(23,24)17(27,28)19(31,32)21(35,36)37/h2-10,40H,11H2,1H3. The van der Waals surface area contributed by atoms with Crippen molar-refractivity contribution in [3.63, 3.8) is 0 Å². The summed E-state index contributed by atoms with van der Waals surface area (Å²) in [5, 5.41) is 1.60. The van der Waals surface area contributed by atoms with Crippen LogP contribution in [0.1, 0.15) is 5.56 Å². The Labute approximate surface area is 242 Å². The third-order valence-electron chi connectivity index (χ3n) is 5.87. The summed E-state index contributed by atoms with van der Waals surface area (Å²) >= 11 is 0. The lowest BCUT2D eigenvalue weighted by Gasteiger charge is -2.43. The zero-order chi connectivity index (χ0) is 35.5. The third kappa shape index (κ3) is 5.87. The highest BCUT2D eigenvalue weighted by atomic mass is 32.3. The second-order valence-corrected chi connectivity index (χ2v) is 13.8. The molecule has 0 saturated heterocycles. The second kappa shape index (κ2) is 11.2. The summed E-state index contributed by atoms with van der Waals surface area (Å²) in [6.45, 7) is 0. The molecule has 2 aromatic rings. The molecule has 0 spiro atoms. The number of rotatable bonds is 12. The molecular weight excluding hydrogens is 715 g/mol. The van der Waals surface area contributed by atoms with Crippen molar-refractivity contribution in [1.29, 1.82) is 0 Å². The highest BCUT2D eigenvalue weighted by molar-refractivity contribution is 8.32. The Morgan fingerprint density at radius 1 is 0.578 bits per heavy atom. The first-order chi connectivity index (χ1) is 19.8.